The molecule has 6 N–H and O–H groups in total. The molecule has 0 aliphatic rings. The van der Waals surface area contributed by atoms with Gasteiger partial charge in [-0.15, -0.1) is 0 Å². The van der Waals surface area contributed by atoms with Gasteiger partial charge in [-0.25, -0.2) is 0 Å². The normalized spacial score (nSPS) is 9.85. The molecule has 3 aromatic rings. The average Bonchev–Trinajstić information content (AvgIpc) is 2.43. The first-order valence-electron chi connectivity index (χ1n) is 6.43. The van der Waals surface area contributed by atoms with Crippen LogP contribution in [0.3, 0.4) is 0 Å². The minimum absolute atomic E-state index is 0.741. The Bertz CT molecular complexity index is 663. The molecular formula is C17H19N3. The van der Waals surface area contributed by atoms with Gasteiger partial charge in [-0.2, -0.15) is 0 Å². The number of hydrogen-bond acceptors (Lipinski definition) is 3. The van der Waals surface area contributed by atoms with E-state index in [0.717, 1.165) is 33.4 Å². The number of rotatable bonds is 0. The van der Waals surface area contributed by atoms with E-state index in [4.69, 9.17) is 17.2 Å². The summed E-state index contributed by atoms with van der Waals surface area (Å²) in [6, 6.07) is 19.4. The maximum atomic E-state index is 5.78. The second-order valence-electron chi connectivity index (χ2n) is 4.65. The first kappa shape index (κ1) is 13.7. The molecule has 0 fully saturated rings. The Morgan fingerprint density at radius 1 is 0.600 bits per heavy atom. The van der Waals surface area contributed by atoms with Crippen molar-refractivity contribution in [2.75, 3.05) is 17.2 Å². The van der Waals surface area contributed by atoms with Crippen LogP contribution in [0, 0.1) is 6.92 Å². The molecule has 102 valence electrons. The van der Waals surface area contributed by atoms with Gasteiger partial charge in [0.1, 0.15) is 0 Å². The molecule has 0 spiro atoms. The summed E-state index contributed by atoms with van der Waals surface area (Å²) in [5, 5.41) is 2.05. The van der Waals surface area contributed by atoms with Gasteiger partial charge in [0, 0.05) is 22.4 Å². The van der Waals surface area contributed by atoms with Crippen LogP contribution < -0.4 is 17.2 Å². The number of hydrogen-bond donors (Lipinski definition) is 3. The molecule has 0 saturated carbocycles. The monoisotopic (exact) mass is 265 g/mol. The van der Waals surface area contributed by atoms with Gasteiger partial charge < -0.3 is 17.2 Å². The van der Waals surface area contributed by atoms with Crippen LogP contribution in [0.15, 0.2) is 60.7 Å². The summed E-state index contributed by atoms with van der Waals surface area (Å²) in [5.74, 6) is 0. The van der Waals surface area contributed by atoms with Crippen LogP contribution in [0.5, 0.6) is 0 Å². The second kappa shape index (κ2) is 5.97. The molecule has 3 nitrogen and oxygen atoms in total. The number of anilines is 3. The lowest BCUT2D eigenvalue weighted by molar-refractivity contribution is 1.47. The first-order chi connectivity index (χ1) is 9.59. The van der Waals surface area contributed by atoms with Gasteiger partial charge in [-0.3, -0.25) is 0 Å². The Morgan fingerprint density at radius 3 is 1.50 bits per heavy atom. The summed E-state index contributed by atoms with van der Waals surface area (Å²) in [6.45, 7) is 2.00. The molecule has 0 radical (unpaired) electrons. The number of nitrogens with two attached hydrogens (primary N) is 3. The van der Waals surface area contributed by atoms with Crippen molar-refractivity contribution in [1.29, 1.82) is 0 Å². The SMILES string of the molecule is Cc1ccccc1N.Nc1cccc2cccc(N)c12. The van der Waals surface area contributed by atoms with Gasteiger partial charge in [0.15, 0.2) is 0 Å². The molecule has 20 heavy (non-hydrogen) atoms. The zero-order chi connectivity index (χ0) is 14.5. The van der Waals surface area contributed by atoms with E-state index in [2.05, 4.69) is 0 Å². The summed E-state index contributed by atoms with van der Waals surface area (Å²) >= 11 is 0. The topological polar surface area (TPSA) is 78.1 Å². The van der Waals surface area contributed by atoms with Crippen molar-refractivity contribution >= 4 is 27.8 Å². The van der Waals surface area contributed by atoms with Gasteiger partial charge >= 0.3 is 0 Å². The van der Waals surface area contributed by atoms with E-state index in [1.54, 1.807) is 0 Å². The van der Waals surface area contributed by atoms with Gasteiger partial charge in [-0.1, -0.05) is 42.5 Å². The van der Waals surface area contributed by atoms with Crippen molar-refractivity contribution in [3.8, 4) is 0 Å². The molecule has 0 aliphatic carbocycles. The number of benzene rings is 3. The van der Waals surface area contributed by atoms with Gasteiger partial charge in [0.05, 0.1) is 0 Å². The molecule has 3 aromatic carbocycles. The van der Waals surface area contributed by atoms with E-state index in [1.807, 2.05) is 67.6 Å². The van der Waals surface area contributed by atoms with E-state index >= 15 is 0 Å². The fraction of sp³-hybridized carbons (Fsp3) is 0.0588. The highest BCUT2D eigenvalue weighted by Gasteiger charge is 1.99. The van der Waals surface area contributed by atoms with Crippen molar-refractivity contribution in [2.45, 2.75) is 6.92 Å². The fourth-order valence-electron chi connectivity index (χ4n) is 1.99. The number of para-hydroxylation sites is 1. The lowest BCUT2D eigenvalue weighted by atomic mass is 10.1. The average molecular weight is 265 g/mol. The third kappa shape index (κ3) is 3.01. The molecule has 0 amide bonds. The van der Waals surface area contributed by atoms with Crippen LogP contribution >= 0.6 is 0 Å². The minimum atomic E-state index is 0.741. The standard InChI is InChI=1S/C10H10N2.C7H9N/c11-8-5-1-3-7-4-2-6-9(12)10(7)8;1-6-4-2-3-5-7(6)8/h1-6H,11-12H2;2-5H,8H2,1H3. The number of aryl methyl sites for hydroxylation is 1. The molecule has 0 bridgehead atoms. The molecule has 0 atom stereocenters. The summed E-state index contributed by atoms with van der Waals surface area (Å²) in [5.41, 5.74) is 20.6. The van der Waals surface area contributed by atoms with Crippen LogP contribution in [0.1, 0.15) is 5.56 Å². The molecule has 0 saturated heterocycles. The fourth-order valence-corrected chi connectivity index (χ4v) is 1.99. The minimum Gasteiger partial charge on any atom is -0.399 e. The van der Waals surface area contributed by atoms with E-state index in [-0.39, 0.29) is 0 Å². The Balaban J connectivity index is 0.000000160. The van der Waals surface area contributed by atoms with Crippen molar-refractivity contribution in [2.24, 2.45) is 0 Å². The van der Waals surface area contributed by atoms with Crippen molar-refractivity contribution in [3.63, 3.8) is 0 Å². The highest BCUT2D eigenvalue weighted by atomic mass is 14.6. The zero-order valence-electron chi connectivity index (χ0n) is 11.5. The summed E-state index contributed by atoms with van der Waals surface area (Å²) in [7, 11) is 0. The van der Waals surface area contributed by atoms with Gasteiger partial charge in [0.25, 0.3) is 0 Å². The van der Waals surface area contributed by atoms with Crippen LogP contribution in [-0.4, -0.2) is 0 Å². The highest BCUT2D eigenvalue weighted by molar-refractivity contribution is 6.01. The van der Waals surface area contributed by atoms with Crippen LogP contribution in [0.25, 0.3) is 10.8 Å². The molecule has 3 heteroatoms. The molecule has 0 unspecified atom stereocenters. The van der Waals surface area contributed by atoms with Crippen molar-refractivity contribution < 1.29 is 0 Å². The molecule has 0 aromatic heterocycles. The Morgan fingerprint density at radius 2 is 1.10 bits per heavy atom. The summed E-state index contributed by atoms with van der Waals surface area (Å²) in [6.07, 6.45) is 0. The Hall–Kier alpha value is -2.68. The molecule has 0 heterocycles. The van der Waals surface area contributed by atoms with E-state index in [1.165, 1.54) is 0 Å². The first-order valence-corrected chi connectivity index (χ1v) is 6.43. The third-order valence-corrected chi connectivity index (χ3v) is 3.16. The quantitative estimate of drug-likeness (QED) is 0.544. The number of fused-ring (bicyclic) bond motifs is 1. The Labute approximate surface area is 119 Å². The predicted octanol–water partition coefficient (Wildman–Crippen LogP) is 3.58. The zero-order valence-corrected chi connectivity index (χ0v) is 11.5. The van der Waals surface area contributed by atoms with Crippen molar-refractivity contribution in [3.05, 3.63) is 66.2 Å². The van der Waals surface area contributed by atoms with Crippen molar-refractivity contribution in [1.82, 2.24) is 0 Å². The molecular weight excluding hydrogens is 246 g/mol. The summed E-state index contributed by atoms with van der Waals surface area (Å²) in [4.78, 5) is 0. The third-order valence-electron chi connectivity index (χ3n) is 3.16. The largest absolute Gasteiger partial charge is 0.399 e. The second-order valence-corrected chi connectivity index (χ2v) is 4.65. The summed E-state index contributed by atoms with van der Waals surface area (Å²) < 4.78 is 0. The maximum absolute atomic E-state index is 5.78. The van der Waals surface area contributed by atoms with E-state index in [0.29, 0.717) is 0 Å². The molecule has 3 rings (SSSR count). The lowest BCUT2D eigenvalue weighted by Crippen LogP contribution is -1.91. The highest BCUT2D eigenvalue weighted by Crippen LogP contribution is 2.25. The molecule has 0 aliphatic heterocycles. The van der Waals surface area contributed by atoms with Gasteiger partial charge in [-0.05, 0) is 36.1 Å². The lowest BCUT2D eigenvalue weighted by Gasteiger charge is -2.03. The Kier molecular flexibility index (Phi) is 4.11. The van der Waals surface area contributed by atoms with Crippen LogP contribution in [0.2, 0.25) is 0 Å². The van der Waals surface area contributed by atoms with Gasteiger partial charge in [0.2, 0.25) is 0 Å². The van der Waals surface area contributed by atoms with Crippen LogP contribution in [-0.2, 0) is 0 Å². The number of nitrogen functional groups attached to an aromatic ring is 3. The smallest absolute Gasteiger partial charge is 0.0414 e. The predicted molar refractivity (Wildman–Crippen MR) is 88.4 cm³/mol. The van der Waals surface area contributed by atoms with E-state index < -0.39 is 0 Å². The van der Waals surface area contributed by atoms with Crippen LogP contribution in [0.4, 0.5) is 17.1 Å². The maximum Gasteiger partial charge on any atom is 0.0414 e. The van der Waals surface area contributed by atoms with E-state index in [9.17, 15) is 0 Å².